The number of rotatable bonds is 34. The Kier molecular flexibility index (Phi) is 33.3. The molecule has 0 amide bonds. The normalized spacial score (nSPS) is 11.6. The van der Waals surface area contributed by atoms with E-state index in [0.717, 1.165) is 37.5 Å². The number of carbonyl (C=O) groups is 2. The van der Waals surface area contributed by atoms with Gasteiger partial charge in [0, 0.05) is 12.8 Å². The van der Waals surface area contributed by atoms with Crippen LogP contribution in [0.15, 0.2) is 0 Å². The molecule has 0 rings (SSSR count). The molecule has 0 atom stereocenters. The largest absolute Gasteiger partial charge is 0.393 e. The smallest absolute Gasteiger partial charge is 0.313 e. The summed E-state index contributed by atoms with van der Waals surface area (Å²) in [6.07, 6.45) is 39.9. The van der Waals surface area contributed by atoms with Crippen LogP contribution in [0.2, 0.25) is 0 Å². The molecule has 0 radical (unpaired) electrons. The summed E-state index contributed by atoms with van der Waals surface area (Å²) in [5.41, 5.74) is 0. The molecular weight excluding hydrogens is 528 g/mol. The van der Waals surface area contributed by atoms with E-state index in [4.69, 9.17) is 4.74 Å². The van der Waals surface area contributed by atoms with Crippen LogP contribution in [-0.2, 0) is 14.3 Å². The zero-order chi connectivity index (χ0) is 31.6. The molecule has 0 bridgehead atoms. The van der Waals surface area contributed by atoms with Gasteiger partial charge >= 0.3 is 11.9 Å². The van der Waals surface area contributed by atoms with Gasteiger partial charge in [-0.25, -0.2) is 0 Å². The molecule has 256 valence electrons. The second kappa shape index (κ2) is 34.0. The fraction of sp³-hybridized carbons (Fsp3) is 0.950. The maximum Gasteiger partial charge on any atom is 0.313 e. The van der Waals surface area contributed by atoms with Crippen molar-refractivity contribution in [3.05, 3.63) is 0 Å². The zero-order valence-corrected chi connectivity index (χ0v) is 30.0. The first-order valence-corrected chi connectivity index (χ1v) is 19.8. The Morgan fingerprint density at radius 2 is 0.581 bits per heavy atom. The van der Waals surface area contributed by atoms with Crippen molar-refractivity contribution in [3.8, 4) is 0 Å². The molecule has 0 aromatic carbocycles. The Morgan fingerprint density at radius 1 is 0.349 bits per heavy atom. The van der Waals surface area contributed by atoms with Crippen LogP contribution in [0.5, 0.6) is 0 Å². The van der Waals surface area contributed by atoms with Crippen LogP contribution < -0.4 is 0 Å². The lowest BCUT2D eigenvalue weighted by Gasteiger charge is -2.16. The van der Waals surface area contributed by atoms with Crippen molar-refractivity contribution < 1.29 is 14.3 Å². The van der Waals surface area contributed by atoms with Crippen molar-refractivity contribution >= 4 is 11.9 Å². The van der Waals surface area contributed by atoms with E-state index in [1.54, 1.807) is 0 Å². The third-order valence-corrected chi connectivity index (χ3v) is 9.58. The molecule has 0 aliphatic rings. The van der Waals surface area contributed by atoms with Gasteiger partial charge in [0.25, 0.3) is 0 Å². The summed E-state index contributed by atoms with van der Waals surface area (Å²) in [6.45, 7) is 9.23. The second-order valence-electron chi connectivity index (χ2n) is 13.9. The van der Waals surface area contributed by atoms with Gasteiger partial charge in [0.1, 0.15) is 0 Å². The van der Waals surface area contributed by atoms with Crippen molar-refractivity contribution in [2.45, 2.75) is 233 Å². The average Bonchev–Trinajstić information content (AvgIpc) is 3.00. The van der Waals surface area contributed by atoms with E-state index in [2.05, 4.69) is 27.7 Å². The predicted molar refractivity (Wildman–Crippen MR) is 189 cm³/mol. The summed E-state index contributed by atoms with van der Waals surface area (Å²) in [6, 6.07) is 0. The molecule has 0 aromatic rings. The van der Waals surface area contributed by atoms with Crippen molar-refractivity contribution in [3.63, 3.8) is 0 Å². The minimum Gasteiger partial charge on any atom is -0.393 e. The summed E-state index contributed by atoms with van der Waals surface area (Å²) in [5.74, 6) is 1.28. The van der Waals surface area contributed by atoms with Crippen molar-refractivity contribution in [2.75, 3.05) is 0 Å². The molecule has 0 saturated carbocycles. The van der Waals surface area contributed by atoms with Crippen LogP contribution in [0.1, 0.15) is 233 Å². The van der Waals surface area contributed by atoms with E-state index in [1.165, 1.54) is 167 Å². The van der Waals surface area contributed by atoms with E-state index in [0.29, 0.717) is 12.8 Å². The summed E-state index contributed by atoms with van der Waals surface area (Å²) in [4.78, 5) is 24.0. The molecular formula is C40H78O3. The number of hydrogen-bond acceptors (Lipinski definition) is 3. The molecule has 0 aliphatic heterocycles. The maximum absolute atomic E-state index is 12.0. The first-order chi connectivity index (χ1) is 21.1. The van der Waals surface area contributed by atoms with E-state index >= 15 is 0 Å². The Bertz CT molecular complexity index is 520. The topological polar surface area (TPSA) is 43.4 Å². The van der Waals surface area contributed by atoms with Gasteiger partial charge < -0.3 is 4.74 Å². The Morgan fingerprint density at radius 3 is 0.860 bits per heavy atom. The standard InChI is InChI=1S/C40H78O3/c1-5-9-29-37(30-10-6-2)33-25-21-17-13-15-19-23-27-35-39(41)43-40(42)36-28-24-20-16-14-18-22-26-34-38(31-11-7-3)32-12-8-4/h37-38H,5-36H2,1-4H3. The summed E-state index contributed by atoms with van der Waals surface area (Å²) < 4.78 is 5.05. The Balaban J connectivity index is 3.55. The van der Waals surface area contributed by atoms with Gasteiger partial charge in [0.15, 0.2) is 0 Å². The number of esters is 2. The highest BCUT2D eigenvalue weighted by Crippen LogP contribution is 2.24. The quantitative estimate of drug-likeness (QED) is 0.0416. The molecule has 3 nitrogen and oxygen atoms in total. The van der Waals surface area contributed by atoms with Gasteiger partial charge in [-0.3, -0.25) is 9.59 Å². The summed E-state index contributed by atoms with van der Waals surface area (Å²) >= 11 is 0. The minimum absolute atomic E-state index is 0.322. The van der Waals surface area contributed by atoms with E-state index in [-0.39, 0.29) is 11.9 Å². The van der Waals surface area contributed by atoms with E-state index < -0.39 is 0 Å². The highest BCUT2D eigenvalue weighted by atomic mass is 16.6. The van der Waals surface area contributed by atoms with Gasteiger partial charge in [0.05, 0.1) is 0 Å². The highest BCUT2D eigenvalue weighted by molar-refractivity contribution is 5.85. The van der Waals surface area contributed by atoms with Crippen molar-refractivity contribution in [1.29, 1.82) is 0 Å². The van der Waals surface area contributed by atoms with Gasteiger partial charge in [-0.1, -0.05) is 207 Å². The number of ether oxygens (including phenoxy) is 1. The molecule has 0 N–H and O–H groups in total. The first-order valence-electron chi connectivity index (χ1n) is 19.8. The fourth-order valence-corrected chi connectivity index (χ4v) is 6.59. The lowest BCUT2D eigenvalue weighted by atomic mass is 9.90. The third kappa shape index (κ3) is 30.9. The van der Waals surface area contributed by atoms with E-state index in [1.807, 2.05) is 0 Å². The Labute approximate surface area is 270 Å². The molecule has 0 heterocycles. The average molecular weight is 607 g/mol. The number of carbonyl (C=O) groups excluding carboxylic acids is 2. The molecule has 43 heavy (non-hydrogen) atoms. The lowest BCUT2D eigenvalue weighted by molar-refractivity contribution is -0.159. The Hall–Kier alpha value is -0.860. The van der Waals surface area contributed by atoms with Crippen LogP contribution in [0.3, 0.4) is 0 Å². The zero-order valence-electron chi connectivity index (χ0n) is 30.0. The molecule has 3 heteroatoms. The maximum atomic E-state index is 12.0. The monoisotopic (exact) mass is 607 g/mol. The van der Waals surface area contributed by atoms with Gasteiger partial charge in [-0.15, -0.1) is 0 Å². The van der Waals surface area contributed by atoms with Crippen LogP contribution in [0.4, 0.5) is 0 Å². The SMILES string of the molecule is CCCCC(CCCC)CCCCCCCCCCC(=O)OC(=O)CCCCCCCCCCC(CCCC)CCCC. The molecule has 0 fully saturated rings. The summed E-state index contributed by atoms with van der Waals surface area (Å²) in [5, 5.41) is 0. The van der Waals surface area contributed by atoms with Crippen molar-refractivity contribution in [1.82, 2.24) is 0 Å². The lowest BCUT2D eigenvalue weighted by Crippen LogP contribution is -2.11. The molecule has 0 unspecified atom stereocenters. The second-order valence-corrected chi connectivity index (χ2v) is 13.9. The van der Waals surface area contributed by atoms with Gasteiger partial charge in [-0.05, 0) is 24.7 Å². The van der Waals surface area contributed by atoms with Crippen LogP contribution in [0.25, 0.3) is 0 Å². The third-order valence-electron chi connectivity index (χ3n) is 9.58. The van der Waals surface area contributed by atoms with Crippen LogP contribution in [-0.4, -0.2) is 11.9 Å². The predicted octanol–water partition coefficient (Wildman–Crippen LogP) is 13.9. The fourth-order valence-electron chi connectivity index (χ4n) is 6.59. The minimum atomic E-state index is -0.322. The number of hydrogen-bond donors (Lipinski definition) is 0. The highest BCUT2D eigenvalue weighted by Gasteiger charge is 2.11. The molecule has 0 saturated heterocycles. The van der Waals surface area contributed by atoms with Gasteiger partial charge in [0.2, 0.25) is 0 Å². The molecule has 0 aliphatic carbocycles. The molecule has 0 aromatic heterocycles. The summed E-state index contributed by atoms with van der Waals surface area (Å²) in [7, 11) is 0. The first kappa shape index (κ1) is 42.1. The number of unbranched alkanes of at least 4 members (excludes halogenated alkanes) is 18. The van der Waals surface area contributed by atoms with E-state index in [9.17, 15) is 9.59 Å². The molecule has 0 spiro atoms. The van der Waals surface area contributed by atoms with Gasteiger partial charge in [-0.2, -0.15) is 0 Å². The van der Waals surface area contributed by atoms with Crippen LogP contribution in [0, 0.1) is 11.8 Å². The van der Waals surface area contributed by atoms with Crippen molar-refractivity contribution in [2.24, 2.45) is 11.8 Å². The van der Waals surface area contributed by atoms with Crippen LogP contribution >= 0.6 is 0 Å².